The number of aryl methyl sites for hydroxylation is 1. The quantitative estimate of drug-likeness (QED) is 0.724. The van der Waals surface area contributed by atoms with E-state index in [0.29, 0.717) is 5.69 Å². The molecule has 2 aliphatic rings. The van der Waals surface area contributed by atoms with Crippen LogP contribution < -0.4 is 10.2 Å². The minimum absolute atomic E-state index is 0.0510. The summed E-state index contributed by atoms with van der Waals surface area (Å²) in [4.78, 5) is 40.9. The fourth-order valence-electron chi connectivity index (χ4n) is 4.69. The van der Waals surface area contributed by atoms with Crippen molar-refractivity contribution >= 4 is 23.5 Å². The largest absolute Gasteiger partial charge is 0.464 e. The molecule has 1 aromatic carbocycles. The maximum absolute atomic E-state index is 13.7. The van der Waals surface area contributed by atoms with E-state index in [-0.39, 0.29) is 35.8 Å². The molecule has 1 fully saturated rings. The normalized spacial score (nSPS) is 21.2. The van der Waals surface area contributed by atoms with Crippen molar-refractivity contribution < 1.29 is 19.1 Å². The van der Waals surface area contributed by atoms with Crippen LogP contribution in [0.3, 0.4) is 0 Å². The molecular weight excluding hydrogens is 408 g/mol. The van der Waals surface area contributed by atoms with Crippen molar-refractivity contribution in [1.82, 2.24) is 15.1 Å². The lowest BCUT2D eigenvalue weighted by molar-refractivity contribution is -0.127. The van der Waals surface area contributed by atoms with Crippen LogP contribution in [0, 0.1) is 0 Å². The molecule has 32 heavy (non-hydrogen) atoms. The van der Waals surface area contributed by atoms with Gasteiger partial charge in [-0.15, -0.1) is 0 Å². The van der Waals surface area contributed by atoms with Gasteiger partial charge in [-0.2, -0.15) is 5.10 Å². The van der Waals surface area contributed by atoms with Crippen molar-refractivity contribution in [3.63, 3.8) is 0 Å². The van der Waals surface area contributed by atoms with Crippen molar-refractivity contribution in [3.05, 3.63) is 47.3 Å². The first kappa shape index (κ1) is 22.0. The standard InChI is InChI=1S/C24H30N4O4/c1-4-16-9-8-12-18(13-16)28-21(29)20-14-19(22(30)32-3)26-27(20)15-24(28,2)23(31)25-17-10-6-5-7-11-17/h8-9,12-14,17H,4-7,10-11,15H2,1-3H3,(H,25,31). The predicted molar refractivity (Wildman–Crippen MR) is 120 cm³/mol. The summed E-state index contributed by atoms with van der Waals surface area (Å²) in [5, 5.41) is 7.46. The fourth-order valence-corrected chi connectivity index (χ4v) is 4.69. The van der Waals surface area contributed by atoms with E-state index in [4.69, 9.17) is 4.74 Å². The zero-order valence-electron chi connectivity index (χ0n) is 18.9. The number of carbonyl (C=O) groups excluding carboxylic acids is 3. The molecule has 8 nitrogen and oxygen atoms in total. The average Bonchev–Trinajstić information content (AvgIpc) is 3.23. The summed E-state index contributed by atoms with van der Waals surface area (Å²) >= 11 is 0. The lowest BCUT2D eigenvalue weighted by atomic mass is 9.91. The van der Waals surface area contributed by atoms with Crippen LogP contribution in [0.4, 0.5) is 5.69 Å². The van der Waals surface area contributed by atoms with E-state index in [1.54, 1.807) is 11.8 Å². The van der Waals surface area contributed by atoms with Gasteiger partial charge in [0, 0.05) is 17.8 Å². The van der Waals surface area contributed by atoms with Crippen LogP contribution in [0.5, 0.6) is 0 Å². The maximum atomic E-state index is 13.7. The summed E-state index contributed by atoms with van der Waals surface area (Å²) in [6.07, 6.45) is 6.07. The van der Waals surface area contributed by atoms with Crippen molar-refractivity contribution in [2.24, 2.45) is 0 Å². The second-order valence-electron chi connectivity index (χ2n) is 8.81. The van der Waals surface area contributed by atoms with Crippen LogP contribution in [0.1, 0.15) is 72.5 Å². The van der Waals surface area contributed by atoms with E-state index in [0.717, 1.165) is 37.7 Å². The second kappa shape index (κ2) is 8.76. The number of benzene rings is 1. The Morgan fingerprint density at radius 1 is 1.22 bits per heavy atom. The van der Waals surface area contributed by atoms with Gasteiger partial charge in [-0.05, 0) is 43.9 Å². The molecule has 1 aromatic heterocycles. The zero-order chi connectivity index (χ0) is 22.9. The Morgan fingerprint density at radius 2 is 1.97 bits per heavy atom. The molecule has 2 aromatic rings. The van der Waals surface area contributed by atoms with Crippen molar-refractivity contribution in [2.45, 2.75) is 70.5 Å². The third kappa shape index (κ3) is 3.89. The number of esters is 1. The number of nitrogens with zero attached hydrogens (tertiary/aromatic N) is 3. The van der Waals surface area contributed by atoms with Crippen LogP contribution in [0.2, 0.25) is 0 Å². The van der Waals surface area contributed by atoms with Gasteiger partial charge in [-0.3, -0.25) is 19.2 Å². The maximum Gasteiger partial charge on any atom is 0.358 e. The number of hydrogen-bond acceptors (Lipinski definition) is 5. The fraction of sp³-hybridized carbons (Fsp3) is 0.500. The zero-order valence-corrected chi connectivity index (χ0v) is 18.9. The number of fused-ring (bicyclic) bond motifs is 1. The molecule has 0 radical (unpaired) electrons. The van der Waals surface area contributed by atoms with Crippen molar-refractivity contribution in [3.8, 4) is 0 Å². The summed E-state index contributed by atoms with van der Waals surface area (Å²) < 4.78 is 6.23. The third-order valence-electron chi connectivity index (χ3n) is 6.55. The molecule has 1 aliphatic carbocycles. The van der Waals surface area contributed by atoms with E-state index >= 15 is 0 Å². The summed E-state index contributed by atoms with van der Waals surface area (Å²) in [6.45, 7) is 3.95. The van der Waals surface area contributed by atoms with Gasteiger partial charge in [0.15, 0.2) is 5.69 Å². The van der Waals surface area contributed by atoms with E-state index in [1.807, 2.05) is 31.2 Å². The highest BCUT2D eigenvalue weighted by Crippen LogP contribution is 2.34. The smallest absolute Gasteiger partial charge is 0.358 e. The first-order chi connectivity index (χ1) is 15.4. The van der Waals surface area contributed by atoms with E-state index in [2.05, 4.69) is 10.4 Å². The van der Waals surface area contributed by atoms with Gasteiger partial charge in [-0.1, -0.05) is 38.3 Å². The van der Waals surface area contributed by atoms with Gasteiger partial charge < -0.3 is 10.1 Å². The Balaban J connectivity index is 1.76. The van der Waals surface area contributed by atoms with Crippen LogP contribution >= 0.6 is 0 Å². The van der Waals surface area contributed by atoms with Crippen molar-refractivity contribution in [1.29, 1.82) is 0 Å². The molecule has 0 spiro atoms. The van der Waals surface area contributed by atoms with Crippen LogP contribution in [-0.2, 0) is 22.5 Å². The highest BCUT2D eigenvalue weighted by atomic mass is 16.5. The molecule has 1 aliphatic heterocycles. The molecule has 8 heteroatoms. The Hall–Kier alpha value is -3.16. The Kier molecular flexibility index (Phi) is 6.04. The first-order valence-corrected chi connectivity index (χ1v) is 11.3. The van der Waals surface area contributed by atoms with E-state index < -0.39 is 11.5 Å². The molecule has 1 N–H and O–H groups in total. The molecule has 170 valence electrons. The summed E-state index contributed by atoms with van der Waals surface area (Å²) in [6, 6.07) is 9.22. The van der Waals surface area contributed by atoms with Crippen LogP contribution in [-0.4, -0.2) is 46.3 Å². The Bertz CT molecular complexity index is 1040. The number of rotatable bonds is 5. The topological polar surface area (TPSA) is 93.5 Å². The predicted octanol–water partition coefficient (Wildman–Crippen LogP) is 3.10. The average molecular weight is 439 g/mol. The van der Waals surface area contributed by atoms with Gasteiger partial charge in [0.25, 0.3) is 5.91 Å². The molecule has 2 amide bonds. The molecule has 1 atom stereocenters. The molecule has 4 rings (SSSR count). The third-order valence-corrected chi connectivity index (χ3v) is 6.55. The van der Waals surface area contributed by atoms with E-state index in [1.165, 1.54) is 24.3 Å². The monoisotopic (exact) mass is 438 g/mol. The molecule has 2 heterocycles. The van der Waals surface area contributed by atoms with Gasteiger partial charge in [0.2, 0.25) is 5.91 Å². The lowest BCUT2D eigenvalue weighted by Gasteiger charge is -2.44. The number of nitrogens with one attached hydrogen (secondary N) is 1. The molecule has 1 saturated carbocycles. The van der Waals surface area contributed by atoms with Gasteiger partial charge in [0.1, 0.15) is 11.2 Å². The molecule has 0 saturated heterocycles. The van der Waals surface area contributed by atoms with Gasteiger partial charge in [-0.25, -0.2) is 4.79 Å². The summed E-state index contributed by atoms with van der Waals surface area (Å²) in [5.41, 5.74) is 0.834. The first-order valence-electron chi connectivity index (χ1n) is 11.3. The Labute approximate surface area is 187 Å². The molecule has 0 bridgehead atoms. The minimum Gasteiger partial charge on any atom is -0.464 e. The highest BCUT2D eigenvalue weighted by molar-refractivity contribution is 6.12. The number of aromatic nitrogens is 2. The lowest BCUT2D eigenvalue weighted by Crippen LogP contribution is -2.65. The van der Waals surface area contributed by atoms with E-state index in [9.17, 15) is 14.4 Å². The number of anilines is 1. The van der Waals surface area contributed by atoms with Gasteiger partial charge in [0.05, 0.1) is 13.7 Å². The number of methoxy groups -OCH3 is 1. The summed E-state index contributed by atoms with van der Waals surface area (Å²) in [5.74, 6) is -1.19. The minimum atomic E-state index is -1.20. The highest BCUT2D eigenvalue weighted by Gasteiger charge is 2.49. The van der Waals surface area contributed by atoms with Crippen LogP contribution in [0.15, 0.2) is 30.3 Å². The second-order valence-corrected chi connectivity index (χ2v) is 8.81. The number of carbonyl (C=O) groups is 3. The van der Waals surface area contributed by atoms with Crippen LogP contribution in [0.25, 0.3) is 0 Å². The SMILES string of the molecule is CCc1cccc(N2C(=O)c3cc(C(=O)OC)nn3CC2(C)C(=O)NC2CCCCC2)c1. The van der Waals surface area contributed by atoms with Crippen molar-refractivity contribution in [2.75, 3.05) is 12.0 Å². The molecule has 1 unspecified atom stereocenters. The Morgan fingerprint density at radius 3 is 2.66 bits per heavy atom. The number of amides is 2. The molecular formula is C24H30N4O4. The summed E-state index contributed by atoms with van der Waals surface area (Å²) in [7, 11) is 1.27. The number of hydrogen-bond donors (Lipinski definition) is 1. The van der Waals surface area contributed by atoms with Gasteiger partial charge >= 0.3 is 5.97 Å². The number of ether oxygens (including phenoxy) is 1.